The number of nitrogens with one attached hydrogen (secondary N) is 1. The van der Waals surface area contributed by atoms with Crippen LogP contribution in [0.3, 0.4) is 0 Å². The van der Waals surface area contributed by atoms with Gasteiger partial charge in [0.15, 0.2) is 0 Å². The smallest absolute Gasteiger partial charge is 0.282 e. The molecule has 0 unspecified atom stereocenters. The summed E-state index contributed by atoms with van der Waals surface area (Å²) in [6, 6.07) is 11.0. The number of amides is 1. The van der Waals surface area contributed by atoms with Crippen LogP contribution in [0.15, 0.2) is 41.3 Å². The summed E-state index contributed by atoms with van der Waals surface area (Å²) in [5.74, 6) is -2.08. The Labute approximate surface area is 210 Å². The summed E-state index contributed by atoms with van der Waals surface area (Å²) in [6.45, 7) is 3.87. The van der Waals surface area contributed by atoms with Gasteiger partial charge in [0.2, 0.25) is 0 Å². The molecular formula is C27H34F2N4OS. The molecular weight excluding hydrogens is 466 g/mol. The molecule has 2 aromatic rings. The molecule has 2 saturated carbocycles. The molecule has 0 atom stereocenters. The molecule has 1 aromatic carbocycles. The van der Waals surface area contributed by atoms with Crippen molar-refractivity contribution >= 4 is 29.3 Å². The summed E-state index contributed by atoms with van der Waals surface area (Å²) in [5, 5.41) is 3.49. The van der Waals surface area contributed by atoms with E-state index in [1.165, 1.54) is 61.4 Å². The minimum Gasteiger partial charge on any atom is -0.344 e. The number of piperidine rings is 1. The molecule has 4 fully saturated rings. The van der Waals surface area contributed by atoms with Crippen LogP contribution in [0.5, 0.6) is 0 Å². The number of likely N-dealkylation sites (tertiary alicyclic amines) is 1. The molecule has 1 amide bonds. The number of nitrogens with zero attached hydrogens (tertiary/aromatic N) is 3. The summed E-state index contributed by atoms with van der Waals surface area (Å²) in [7, 11) is 2.23. The third-order valence-corrected chi connectivity index (χ3v) is 8.66. The molecule has 3 heterocycles. The van der Waals surface area contributed by atoms with E-state index in [1.807, 2.05) is 30.8 Å². The zero-order chi connectivity index (χ0) is 24.6. The molecule has 2 saturated heterocycles. The van der Waals surface area contributed by atoms with Gasteiger partial charge < -0.3 is 15.1 Å². The van der Waals surface area contributed by atoms with Crippen molar-refractivity contribution < 1.29 is 13.6 Å². The predicted octanol–water partition coefficient (Wildman–Crippen LogP) is 5.84. The third kappa shape index (κ3) is 6.53. The first-order valence-electron chi connectivity index (χ1n) is 12.6. The second kappa shape index (κ2) is 9.69. The highest BCUT2D eigenvalue weighted by atomic mass is 32.2. The molecule has 35 heavy (non-hydrogen) atoms. The zero-order valence-corrected chi connectivity index (χ0v) is 21.3. The molecule has 8 heteroatoms. The average molecular weight is 501 g/mol. The Morgan fingerprint density at radius 1 is 1.06 bits per heavy atom. The standard InChI is InChI=1S/C19H19F2N3OS.C8H15N/c1-12-8-16(22-17(9-12)24-10-19(20,21)11-24)23-18(25)13-2-4-14(5-3-13)26-15-6-7-15;1-9-6-4-8(2-3-8)5-7-9/h2-5,8-9,15H,6-7,10-11H2,1H3,(H,22,23,25);2-7H2,1H3. The first-order valence-corrected chi connectivity index (χ1v) is 13.4. The fourth-order valence-corrected chi connectivity index (χ4v) is 5.62. The molecule has 4 aliphatic rings. The van der Waals surface area contributed by atoms with Crippen molar-refractivity contribution in [3.8, 4) is 0 Å². The van der Waals surface area contributed by atoms with Crippen LogP contribution in [0.1, 0.15) is 54.4 Å². The second-order valence-corrected chi connectivity index (χ2v) is 12.1. The molecule has 1 aromatic heterocycles. The van der Waals surface area contributed by atoms with E-state index in [-0.39, 0.29) is 19.0 Å². The van der Waals surface area contributed by atoms with Gasteiger partial charge in [0.05, 0.1) is 13.1 Å². The number of alkyl halides is 2. The van der Waals surface area contributed by atoms with Crippen molar-refractivity contribution in [1.29, 1.82) is 0 Å². The summed E-state index contributed by atoms with van der Waals surface area (Å²) < 4.78 is 26.2. The Hall–Kier alpha value is -2.19. The van der Waals surface area contributed by atoms with Crippen LogP contribution in [0, 0.1) is 12.3 Å². The van der Waals surface area contributed by atoms with Gasteiger partial charge in [0.25, 0.3) is 11.8 Å². The number of halogens is 2. The first-order chi connectivity index (χ1) is 16.7. The van der Waals surface area contributed by atoms with E-state index >= 15 is 0 Å². The van der Waals surface area contributed by atoms with E-state index < -0.39 is 5.92 Å². The van der Waals surface area contributed by atoms with Crippen LogP contribution in [-0.4, -0.2) is 60.2 Å². The highest BCUT2D eigenvalue weighted by Gasteiger charge is 2.45. The molecule has 188 valence electrons. The number of aryl methyl sites for hydroxylation is 1. The largest absolute Gasteiger partial charge is 0.344 e. The van der Waals surface area contributed by atoms with Gasteiger partial charge in [-0.05, 0) is 113 Å². The van der Waals surface area contributed by atoms with Crippen molar-refractivity contribution in [2.45, 2.75) is 61.5 Å². The maximum Gasteiger partial charge on any atom is 0.282 e. The van der Waals surface area contributed by atoms with Crippen molar-refractivity contribution in [3.05, 3.63) is 47.5 Å². The van der Waals surface area contributed by atoms with E-state index in [1.54, 1.807) is 24.3 Å². The van der Waals surface area contributed by atoms with Crippen LogP contribution in [0.2, 0.25) is 0 Å². The number of hydrogen-bond acceptors (Lipinski definition) is 5. The van der Waals surface area contributed by atoms with Crippen molar-refractivity contribution in [2.75, 3.05) is 43.4 Å². The molecule has 2 aliphatic heterocycles. The topological polar surface area (TPSA) is 48.5 Å². The first kappa shape index (κ1) is 24.5. The van der Waals surface area contributed by atoms with Crippen LogP contribution >= 0.6 is 11.8 Å². The van der Waals surface area contributed by atoms with Gasteiger partial charge in [0, 0.05) is 15.7 Å². The molecule has 1 spiro atoms. The molecule has 2 aliphatic carbocycles. The Balaban J connectivity index is 0.000000234. The van der Waals surface area contributed by atoms with Crippen LogP contribution < -0.4 is 10.2 Å². The lowest BCUT2D eigenvalue weighted by Crippen LogP contribution is -2.56. The van der Waals surface area contributed by atoms with Gasteiger partial charge in [-0.15, -0.1) is 11.8 Å². The van der Waals surface area contributed by atoms with E-state index in [9.17, 15) is 13.6 Å². The SMILES string of the molecule is CN1CCC2(CC1)CC2.Cc1cc(NC(=O)c2ccc(SC3CC3)cc2)nc(N2CC(F)(F)C2)c1. The van der Waals surface area contributed by atoms with E-state index in [0.717, 1.165) is 16.2 Å². The lowest BCUT2D eigenvalue weighted by Gasteiger charge is -2.39. The highest BCUT2D eigenvalue weighted by molar-refractivity contribution is 8.00. The van der Waals surface area contributed by atoms with Crippen LogP contribution in [0.25, 0.3) is 0 Å². The minimum absolute atomic E-state index is 0.258. The summed E-state index contributed by atoms with van der Waals surface area (Å²) >= 11 is 1.84. The lowest BCUT2D eigenvalue weighted by molar-refractivity contribution is -0.0267. The second-order valence-electron chi connectivity index (χ2n) is 10.7. The minimum atomic E-state index is -2.66. The van der Waals surface area contributed by atoms with Crippen molar-refractivity contribution in [2.24, 2.45) is 5.41 Å². The Morgan fingerprint density at radius 3 is 2.29 bits per heavy atom. The maximum atomic E-state index is 13.1. The summed E-state index contributed by atoms with van der Waals surface area (Å²) in [5.41, 5.74) is 2.27. The Bertz CT molecular complexity index is 1050. The van der Waals surface area contributed by atoms with Gasteiger partial charge in [-0.2, -0.15) is 0 Å². The third-order valence-electron chi connectivity index (χ3n) is 7.31. The summed E-state index contributed by atoms with van der Waals surface area (Å²) in [4.78, 5) is 21.9. The lowest BCUT2D eigenvalue weighted by atomic mass is 9.94. The predicted molar refractivity (Wildman–Crippen MR) is 138 cm³/mol. The van der Waals surface area contributed by atoms with Gasteiger partial charge in [-0.25, -0.2) is 13.8 Å². The number of benzene rings is 1. The normalized spacial score (nSPS) is 22.1. The fourth-order valence-electron chi connectivity index (χ4n) is 4.57. The Morgan fingerprint density at radius 2 is 1.71 bits per heavy atom. The number of rotatable bonds is 5. The van der Waals surface area contributed by atoms with Gasteiger partial charge >= 0.3 is 0 Å². The molecule has 5 nitrogen and oxygen atoms in total. The van der Waals surface area contributed by atoms with Gasteiger partial charge in [-0.1, -0.05) is 0 Å². The number of carbonyl (C=O) groups excluding carboxylic acids is 1. The number of pyridine rings is 1. The molecule has 6 rings (SSSR count). The highest BCUT2D eigenvalue weighted by Crippen LogP contribution is 2.53. The number of hydrogen-bond donors (Lipinski definition) is 1. The summed E-state index contributed by atoms with van der Waals surface area (Å²) in [6.07, 6.45) is 8.53. The van der Waals surface area contributed by atoms with Crippen molar-refractivity contribution in [1.82, 2.24) is 9.88 Å². The molecule has 0 radical (unpaired) electrons. The van der Waals surface area contributed by atoms with Crippen LogP contribution in [0.4, 0.5) is 20.4 Å². The monoisotopic (exact) mass is 500 g/mol. The number of aromatic nitrogens is 1. The van der Waals surface area contributed by atoms with Crippen molar-refractivity contribution in [3.63, 3.8) is 0 Å². The number of anilines is 2. The molecule has 0 bridgehead atoms. The number of carbonyl (C=O) groups is 1. The van der Waals surface area contributed by atoms with Gasteiger partial charge in [0.1, 0.15) is 11.6 Å². The maximum absolute atomic E-state index is 13.1. The number of thioether (sulfide) groups is 1. The zero-order valence-electron chi connectivity index (χ0n) is 20.5. The fraction of sp³-hybridized carbons (Fsp3) is 0.556. The van der Waals surface area contributed by atoms with Gasteiger partial charge in [-0.3, -0.25) is 4.79 Å². The van der Waals surface area contributed by atoms with E-state index in [4.69, 9.17) is 0 Å². The van der Waals surface area contributed by atoms with E-state index in [0.29, 0.717) is 17.2 Å². The Kier molecular flexibility index (Phi) is 6.79. The van der Waals surface area contributed by atoms with Crippen LogP contribution in [-0.2, 0) is 0 Å². The quantitative estimate of drug-likeness (QED) is 0.559. The molecule has 1 N–H and O–H groups in total. The van der Waals surface area contributed by atoms with E-state index in [2.05, 4.69) is 22.2 Å². The average Bonchev–Trinajstić information content (AvgIpc) is 3.73.